The lowest BCUT2D eigenvalue weighted by molar-refractivity contribution is 0.172. The molecule has 0 fully saturated rings. The van der Waals surface area contributed by atoms with E-state index in [2.05, 4.69) is 57.2 Å². The summed E-state index contributed by atoms with van der Waals surface area (Å²) in [7, 11) is 2.14. The molecule has 1 aromatic carbocycles. The second kappa shape index (κ2) is 6.83. The fraction of sp³-hybridized carbons (Fsp3) is 0.333. The molecular formula is C21H24N4O. The molecule has 0 radical (unpaired) electrons. The quantitative estimate of drug-likeness (QED) is 0.399. The van der Waals surface area contributed by atoms with Gasteiger partial charge in [0.2, 0.25) is 0 Å². The first-order chi connectivity index (χ1) is 12.7. The summed E-state index contributed by atoms with van der Waals surface area (Å²) in [6.07, 6.45) is 7.71. The summed E-state index contributed by atoms with van der Waals surface area (Å²) in [5.41, 5.74) is 4.86. The van der Waals surface area contributed by atoms with E-state index in [0.29, 0.717) is 12.5 Å². The largest absolute Gasteiger partial charge is 0.391 e. The van der Waals surface area contributed by atoms with E-state index >= 15 is 0 Å². The molecule has 1 atom stereocenters. The number of nitrogens with zero attached hydrogens (tertiary/aromatic N) is 4. The van der Waals surface area contributed by atoms with Gasteiger partial charge in [-0.25, -0.2) is 4.98 Å². The van der Waals surface area contributed by atoms with Gasteiger partial charge in [-0.15, -0.1) is 0 Å². The van der Waals surface area contributed by atoms with Crippen molar-refractivity contribution in [2.24, 2.45) is 18.1 Å². The van der Waals surface area contributed by atoms with Crippen LogP contribution in [0.4, 0.5) is 0 Å². The van der Waals surface area contributed by atoms with Gasteiger partial charge in [0.1, 0.15) is 12.4 Å². The van der Waals surface area contributed by atoms with Gasteiger partial charge in [-0.2, -0.15) is 0 Å². The standard InChI is InChI=1S/C21H24N4O/c1-4-13-26-23-21-16(14-25-12-11-22-15(25)2)9-10-19-20(21)17-7-5-6-8-18(17)24(19)3/h4-8,11-12,16H,1,9-10,13-14H2,2-3H3/b23-21-. The molecule has 3 aromatic rings. The van der Waals surface area contributed by atoms with Crippen LogP contribution in [0.25, 0.3) is 10.9 Å². The minimum atomic E-state index is 0.297. The topological polar surface area (TPSA) is 44.3 Å². The van der Waals surface area contributed by atoms with Crippen LogP contribution < -0.4 is 0 Å². The number of imidazole rings is 1. The normalized spacial score (nSPS) is 18.2. The molecule has 1 aliphatic rings. The number of aromatic nitrogens is 3. The van der Waals surface area contributed by atoms with Gasteiger partial charge in [-0.1, -0.05) is 36.0 Å². The Kier molecular flexibility index (Phi) is 4.37. The number of fused-ring (bicyclic) bond motifs is 3. The van der Waals surface area contributed by atoms with Crippen molar-refractivity contribution in [3.8, 4) is 0 Å². The van der Waals surface area contributed by atoms with Gasteiger partial charge in [-0.05, 0) is 25.8 Å². The number of oxime groups is 1. The molecule has 0 spiro atoms. The SMILES string of the molecule is C=CCO/N=C1\c2c(n(C)c3ccccc23)CCC1Cn1ccnc1C. The summed E-state index contributed by atoms with van der Waals surface area (Å²) < 4.78 is 4.50. The lowest BCUT2D eigenvalue weighted by atomic mass is 9.84. The van der Waals surface area contributed by atoms with Crippen molar-refractivity contribution in [1.82, 2.24) is 14.1 Å². The van der Waals surface area contributed by atoms with Crippen LogP contribution in [-0.4, -0.2) is 26.4 Å². The number of para-hydroxylation sites is 1. The van der Waals surface area contributed by atoms with Crippen molar-refractivity contribution >= 4 is 16.6 Å². The Morgan fingerprint density at radius 2 is 2.23 bits per heavy atom. The second-order valence-electron chi connectivity index (χ2n) is 6.82. The highest BCUT2D eigenvalue weighted by Crippen LogP contribution is 2.35. The van der Waals surface area contributed by atoms with Crippen LogP contribution >= 0.6 is 0 Å². The van der Waals surface area contributed by atoms with Crippen molar-refractivity contribution < 1.29 is 4.84 Å². The molecule has 134 valence electrons. The van der Waals surface area contributed by atoms with Gasteiger partial charge < -0.3 is 14.0 Å². The molecule has 0 aliphatic heterocycles. The van der Waals surface area contributed by atoms with Crippen LogP contribution in [0.3, 0.4) is 0 Å². The molecule has 0 bridgehead atoms. The highest BCUT2D eigenvalue weighted by Gasteiger charge is 2.31. The lowest BCUT2D eigenvalue weighted by Gasteiger charge is -2.26. The molecule has 1 unspecified atom stereocenters. The highest BCUT2D eigenvalue weighted by molar-refractivity contribution is 6.13. The van der Waals surface area contributed by atoms with E-state index in [1.807, 2.05) is 19.3 Å². The molecule has 1 aliphatic carbocycles. The van der Waals surface area contributed by atoms with Gasteiger partial charge in [-0.3, -0.25) is 0 Å². The predicted octanol–water partition coefficient (Wildman–Crippen LogP) is 3.85. The Balaban J connectivity index is 1.81. The highest BCUT2D eigenvalue weighted by atomic mass is 16.6. The summed E-state index contributed by atoms with van der Waals surface area (Å²) in [6, 6.07) is 8.53. The first-order valence-corrected chi connectivity index (χ1v) is 9.06. The zero-order valence-electron chi connectivity index (χ0n) is 15.4. The Bertz CT molecular complexity index is 979. The third-order valence-electron chi connectivity index (χ3n) is 5.30. The number of aryl methyl sites for hydroxylation is 2. The molecule has 0 saturated heterocycles. The van der Waals surface area contributed by atoms with Crippen molar-refractivity contribution in [2.75, 3.05) is 6.61 Å². The maximum atomic E-state index is 5.55. The smallest absolute Gasteiger partial charge is 0.135 e. The molecule has 0 saturated carbocycles. The molecule has 4 rings (SSSR count). The van der Waals surface area contributed by atoms with Gasteiger partial charge in [0.25, 0.3) is 0 Å². The minimum Gasteiger partial charge on any atom is -0.391 e. The minimum absolute atomic E-state index is 0.297. The molecule has 2 aromatic heterocycles. The van der Waals surface area contributed by atoms with E-state index in [-0.39, 0.29) is 0 Å². The van der Waals surface area contributed by atoms with E-state index in [0.717, 1.165) is 30.9 Å². The second-order valence-corrected chi connectivity index (χ2v) is 6.82. The van der Waals surface area contributed by atoms with Crippen LogP contribution in [0.15, 0.2) is 54.5 Å². The number of rotatable bonds is 5. The van der Waals surface area contributed by atoms with Crippen LogP contribution in [0.5, 0.6) is 0 Å². The van der Waals surface area contributed by atoms with Gasteiger partial charge in [0.05, 0.1) is 5.71 Å². The summed E-state index contributed by atoms with van der Waals surface area (Å²) in [5.74, 6) is 1.33. The molecule has 5 nitrogen and oxygen atoms in total. The monoisotopic (exact) mass is 348 g/mol. The maximum absolute atomic E-state index is 5.55. The van der Waals surface area contributed by atoms with E-state index in [1.165, 1.54) is 22.2 Å². The summed E-state index contributed by atoms with van der Waals surface area (Å²) in [4.78, 5) is 9.91. The Hall–Kier alpha value is -2.82. The van der Waals surface area contributed by atoms with Crippen LogP contribution in [0.2, 0.25) is 0 Å². The van der Waals surface area contributed by atoms with E-state index in [4.69, 9.17) is 4.84 Å². The first kappa shape index (κ1) is 16.6. The summed E-state index contributed by atoms with van der Waals surface area (Å²) in [6.45, 7) is 7.04. The van der Waals surface area contributed by atoms with Gasteiger partial charge in [0, 0.05) is 54.1 Å². The van der Waals surface area contributed by atoms with Crippen LogP contribution in [0.1, 0.15) is 23.5 Å². The van der Waals surface area contributed by atoms with Crippen LogP contribution in [0, 0.1) is 12.8 Å². The molecule has 26 heavy (non-hydrogen) atoms. The Morgan fingerprint density at radius 1 is 1.38 bits per heavy atom. The molecule has 2 heterocycles. The van der Waals surface area contributed by atoms with Crippen molar-refractivity contribution in [3.63, 3.8) is 0 Å². The molecular weight excluding hydrogens is 324 g/mol. The molecule has 0 amide bonds. The third kappa shape index (κ3) is 2.73. The number of hydrogen-bond acceptors (Lipinski definition) is 3. The maximum Gasteiger partial charge on any atom is 0.135 e. The number of benzene rings is 1. The van der Waals surface area contributed by atoms with Crippen molar-refractivity contribution in [3.05, 3.63) is 66.4 Å². The predicted molar refractivity (Wildman–Crippen MR) is 104 cm³/mol. The van der Waals surface area contributed by atoms with Crippen molar-refractivity contribution in [2.45, 2.75) is 26.3 Å². The first-order valence-electron chi connectivity index (χ1n) is 9.06. The lowest BCUT2D eigenvalue weighted by Crippen LogP contribution is -2.28. The average molecular weight is 348 g/mol. The van der Waals surface area contributed by atoms with Crippen LogP contribution in [-0.2, 0) is 24.9 Å². The average Bonchev–Trinajstić information content (AvgIpc) is 3.19. The van der Waals surface area contributed by atoms with Crippen molar-refractivity contribution in [1.29, 1.82) is 0 Å². The Morgan fingerprint density at radius 3 is 3.00 bits per heavy atom. The molecule has 0 N–H and O–H groups in total. The van der Waals surface area contributed by atoms with E-state index < -0.39 is 0 Å². The summed E-state index contributed by atoms with van der Waals surface area (Å²) >= 11 is 0. The fourth-order valence-corrected chi connectivity index (χ4v) is 3.97. The van der Waals surface area contributed by atoms with Gasteiger partial charge >= 0.3 is 0 Å². The fourth-order valence-electron chi connectivity index (χ4n) is 3.97. The van der Waals surface area contributed by atoms with E-state index in [1.54, 1.807) is 6.08 Å². The zero-order chi connectivity index (χ0) is 18.1. The number of hydrogen-bond donors (Lipinski definition) is 0. The Labute approximate surface area is 153 Å². The third-order valence-corrected chi connectivity index (χ3v) is 5.30. The summed E-state index contributed by atoms with van der Waals surface area (Å²) in [5, 5.41) is 5.82. The zero-order valence-corrected chi connectivity index (χ0v) is 15.4. The van der Waals surface area contributed by atoms with Gasteiger partial charge in [0.15, 0.2) is 0 Å². The van der Waals surface area contributed by atoms with E-state index in [9.17, 15) is 0 Å². The molecule has 5 heteroatoms.